The first-order valence-electron chi connectivity index (χ1n) is 5.39. The summed E-state index contributed by atoms with van der Waals surface area (Å²) in [5.74, 6) is 0. The molecule has 0 unspecified atom stereocenters. The monoisotopic (exact) mass is 193 g/mol. The van der Waals surface area contributed by atoms with Gasteiger partial charge in [-0.25, -0.2) is 0 Å². The molecule has 2 heteroatoms. The second-order valence-electron chi connectivity index (χ2n) is 3.74. The van der Waals surface area contributed by atoms with Crippen molar-refractivity contribution in [2.45, 2.75) is 46.1 Å². The molecule has 1 rings (SSSR count). The molecule has 0 aromatic carbocycles. The summed E-state index contributed by atoms with van der Waals surface area (Å²) in [7, 11) is 0. The Morgan fingerprint density at radius 2 is 2.14 bits per heavy atom. The lowest BCUT2D eigenvalue weighted by molar-refractivity contribution is 0.111. The predicted molar refractivity (Wildman–Crippen MR) is 58.8 cm³/mol. The van der Waals surface area contributed by atoms with E-state index in [1.807, 2.05) is 6.07 Å². The predicted octanol–water partition coefficient (Wildman–Crippen LogP) is 3.22. The summed E-state index contributed by atoms with van der Waals surface area (Å²) in [6.07, 6.45) is 4.19. The Balaban J connectivity index is 3.05. The molecule has 1 heterocycles. The SMILES string of the molecule is CCCc1ccc(C=O)n1[C@H](C)CC. The van der Waals surface area contributed by atoms with Gasteiger partial charge in [0.2, 0.25) is 0 Å². The molecule has 0 saturated heterocycles. The molecule has 0 radical (unpaired) electrons. The van der Waals surface area contributed by atoms with E-state index >= 15 is 0 Å². The molecular formula is C12H19NO. The molecule has 0 bridgehead atoms. The maximum absolute atomic E-state index is 10.8. The van der Waals surface area contributed by atoms with Crippen LogP contribution in [-0.4, -0.2) is 10.9 Å². The summed E-state index contributed by atoms with van der Waals surface area (Å²) >= 11 is 0. The van der Waals surface area contributed by atoms with Crippen LogP contribution in [0, 0.1) is 0 Å². The van der Waals surface area contributed by atoms with Crippen molar-refractivity contribution >= 4 is 6.29 Å². The van der Waals surface area contributed by atoms with Gasteiger partial charge in [-0.1, -0.05) is 20.3 Å². The second kappa shape index (κ2) is 4.99. The Bertz CT molecular complexity index is 301. The quantitative estimate of drug-likeness (QED) is 0.658. The molecule has 0 aliphatic rings. The summed E-state index contributed by atoms with van der Waals surface area (Å²) in [6, 6.07) is 4.41. The van der Waals surface area contributed by atoms with E-state index in [9.17, 15) is 4.79 Å². The lowest BCUT2D eigenvalue weighted by Gasteiger charge is -2.17. The molecule has 78 valence electrons. The average molecular weight is 193 g/mol. The number of hydrogen-bond acceptors (Lipinski definition) is 1. The molecule has 0 saturated carbocycles. The minimum absolute atomic E-state index is 0.423. The highest BCUT2D eigenvalue weighted by Gasteiger charge is 2.11. The van der Waals surface area contributed by atoms with Crippen LogP contribution in [0.2, 0.25) is 0 Å². The molecular weight excluding hydrogens is 174 g/mol. The first-order valence-corrected chi connectivity index (χ1v) is 5.39. The van der Waals surface area contributed by atoms with Crippen molar-refractivity contribution in [3.05, 3.63) is 23.5 Å². The summed E-state index contributed by atoms with van der Waals surface area (Å²) < 4.78 is 2.16. The van der Waals surface area contributed by atoms with Gasteiger partial charge in [0.25, 0.3) is 0 Å². The van der Waals surface area contributed by atoms with Gasteiger partial charge in [0, 0.05) is 11.7 Å². The van der Waals surface area contributed by atoms with Crippen molar-refractivity contribution in [1.82, 2.24) is 4.57 Å². The summed E-state index contributed by atoms with van der Waals surface area (Å²) in [5.41, 5.74) is 2.09. The molecule has 1 atom stereocenters. The topological polar surface area (TPSA) is 22.0 Å². The Morgan fingerprint density at radius 1 is 1.43 bits per heavy atom. The van der Waals surface area contributed by atoms with Crippen molar-refractivity contribution in [3.8, 4) is 0 Å². The van der Waals surface area contributed by atoms with E-state index in [1.54, 1.807) is 0 Å². The number of hydrogen-bond donors (Lipinski definition) is 0. The zero-order chi connectivity index (χ0) is 10.6. The molecule has 0 amide bonds. The second-order valence-corrected chi connectivity index (χ2v) is 3.74. The number of aldehydes is 1. The lowest BCUT2D eigenvalue weighted by atomic mass is 10.2. The fourth-order valence-corrected chi connectivity index (χ4v) is 1.78. The van der Waals surface area contributed by atoms with Crippen molar-refractivity contribution in [2.75, 3.05) is 0 Å². The normalized spacial score (nSPS) is 12.8. The van der Waals surface area contributed by atoms with Gasteiger partial charge in [0.05, 0.1) is 5.69 Å². The molecule has 0 aliphatic heterocycles. The lowest BCUT2D eigenvalue weighted by Crippen LogP contribution is -2.10. The highest BCUT2D eigenvalue weighted by molar-refractivity contribution is 5.72. The highest BCUT2D eigenvalue weighted by Crippen LogP contribution is 2.19. The summed E-state index contributed by atoms with van der Waals surface area (Å²) in [6.45, 7) is 6.47. The fourth-order valence-electron chi connectivity index (χ4n) is 1.78. The van der Waals surface area contributed by atoms with Gasteiger partial charge in [0.1, 0.15) is 0 Å². The fraction of sp³-hybridized carbons (Fsp3) is 0.583. The molecule has 0 N–H and O–H groups in total. The molecule has 0 spiro atoms. The smallest absolute Gasteiger partial charge is 0.166 e. The third kappa shape index (κ3) is 2.06. The van der Waals surface area contributed by atoms with Crippen LogP contribution in [0.15, 0.2) is 12.1 Å². The van der Waals surface area contributed by atoms with Crippen molar-refractivity contribution < 1.29 is 4.79 Å². The van der Waals surface area contributed by atoms with Gasteiger partial charge in [-0.05, 0) is 31.9 Å². The molecule has 1 aromatic heterocycles. The van der Waals surface area contributed by atoms with Crippen LogP contribution in [0.3, 0.4) is 0 Å². The Morgan fingerprint density at radius 3 is 2.64 bits per heavy atom. The van der Waals surface area contributed by atoms with E-state index in [-0.39, 0.29) is 0 Å². The molecule has 1 aromatic rings. The standard InChI is InChI=1S/C12H19NO/c1-4-6-11-7-8-12(9-14)13(11)10(3)5-2/h7-10H,4-6H2,1-3H3/t10-/m1/s1. The van der Waals surface area contributed by atoms with Gasteiger partial charge in [-0.3, -0.25) is 4.79 Å². The van der Waals surface area contributed by atoms with Crippen LogP contribution < -0.4 is 0 Å². The number of nitrogens with zero attached hydrogens (tertiary/aromatic N) is 1. The zero-order valence-electron chi connectivity index (χ0n) is 9.29. The van der Waals surface area contributed by atoms with E-state index in [4.69, 9.17) is 0 Å². The van der Waals surface area contributed by atoms with E-state index in [0.29, 0.717) is 6.04 Å². The molecule has 0 aliphatic carbocycles. The van der Waals surface area contributed by atoms with E-state index < -0.39 is 0 Å². The van der Waals surface area contributed by atoms with Crippen molar-refractivity contribution in [2.24, 2.45) is 0 Å². The van der Waals surface area contributed by atoms with E-state index in [0.717, 1.165) is 31.2 Å². The van der Waals surface area contributed by atoms with Crippen LogP contribution in [0.4, 0.5) is 0 Å². The number of carbonyl (C=O) groups is 1. The zero-order valence-corrected chi connectivity index (χ0v) is 9.29. The van der Waals surface area contributed by atoms with Gasteiger partial charge >= 0.3 is 0 Å². The van der Waals surface area contributed by atoms with Gasteiger partial charge in [-0.15, -0.1) is 0 Å². The number of aryl methyl sites for hydroxylation is 1. The molecule has 2 nitrogen and oxygen atoms in total. The van der Waals surface area contributed by atoms with Crippen LogP contribution in [-0.2, 0) is 6.42 Å². The maximum Gasteiger partial charge on any atom is 0.166 e. The van der Waals surface area contributed by atoms with Gasteiger partial charge in [0.15, 0.2) is 6.29 Å². The van der Waals surface area contributed by atoms with Crippen LogP contribution >= 0.6 is 0 Å². The number of carbonyl (C=O) groups excluding carboxylic acids is 1. The van der Waals surface area contributed by atoms with Gasteiger partial charge in [-0.2, -0.15) is 0 Å². The first-order chi connectivity index (χ1) is 6.74. The van der Waals surface area contributed by atoms with Gasteiger partial charge < -0.3 is 4.57 Å². The summed E-state index contributed by atoms with van der Waals surface area (Å²) in [4.78, 5) is 10.8. The number of aromatic nitrogens is 1. The van der Waals surface area contributed by atoms with E-state index in [2.05, 4.69) is 31.4 Å². The van der Waals surface area contributed by atoms with Crippen molar-refractivity contribution in [3.63, 3.8) is 0 Å². The highest BCUT2D eigenvalue weighted by atomic mass is 16.1. The van der Waals surface area contributed by atoms with Crippen LogP contribution in [0.5, 0.6) is 0 Å². The minimum atomic E-state index is 0.423. The van der Waals surface area contributed by atoms with Crippen molar-refractivity contribution in [1.29, 1.82) is 0 Å². The van der Waals surface area contributed by atoms with Crippen LogP contribution in [0.25, 0.3) is 0 Å². The summed E-state index contributed by atoms with van der Waals surface area (Å²) in [5, 5.41) is 0. The Hall–Kier alpha value is -1.05. The molecule has 0 fully saturated rings. The minimum Gasteiger partial charge on any atom is -0.340 e. The first kappa shape index (κ1) is 11.0. The number of rotatable bonds is 5. The largest absolute Gasteiger partial charge is 0.340 e. The Labute approximate surface area is 85.9 Å². The Kier molecular flexibility index (Phi) is 3.93. The van der Waals surface area contributed by atoms with E-state index in [1.165, 1.54) is 5.69 Å². The average Bonchev–Trinajstić information content (AvgIpc) is 2.60. The molecule has 14 heavy (non-hydrogen) atoms. The third-order valence-corrected chi connectivity index (χ3v) is 2.69. The third-order valence-electron chi connectivity index (χ3n) is 2.69. The maximum atomic E-state index is 10.8. The van der Waals surface area contributed by atoms with Crippen LogP contribution in [0.1, 0.15) is 55.8 Å².